The molecule has 0 spiro atoms. The summed E-state index contributed by atoms with van der Waals surface area (Å²) in [7, 11) is -3.14. The molecule has 0 fully saturated rings. The van der Waals surface area contributed by atoms with Crippen molar-refractivity contribution in [3.63, 3.8) is 0 Å². The molecule has 0 atom stereocenters. The zero-order valence-corrected chi connectivity index (χ0v) is 10.2. The Kier molecular flexibility index (Phi) is 2.69. The van der Waals surface area contributed by atoms with Crippen molar-refractivity contribution in [2.75, 3.05) is 12.0 Å². The number of benzene rings is 1. The minimum atomic E-state index is -3.14. The van der Waals surface area contributed by atoms with Gasteiger partial charge in [0.2, 0.25) is 0 Å². The maximum Gasteiger partial charge on any atom is 0.180 e. The van der Waals surface area contributed by atoms with Crippen LogP contribution in [0.5, 0.6) is 0 Å². The number of aromatic nitrogens is 1. The van der Waals surface area contributed by atoms with Crippen molar-refractivity contribution in [3.05, 3.63) is 29.6 Å². The van der Waals surface area contributed by atoms with E-state index in [1.165, 1.54) is 17.6 Å². The van der Waals surface area contributed by atoms with Gasteiger partial charge in [-0.1, -0.05) is 12.1 Å². The second kappa shape index (κ2) is 3.88. The molecule has 0 saturated heterocycles. The van der Waals surface area contributed by atoms with E-state index in [0.29, 0.717) is 10.0 Å². The molecule has 2 rings (SSSR count). The number of nitrogens with zero attached hydrogens (tertiary/aromatic N) is 1. The fourth-order valence-corrected chi connectivity index (χ4v) is 2.50. The van der Waals surface area contributed by atoms with E-state index in [2.05, 4.69) is 4.98 Å². The van der Waals surface area contributed by atoms with Crippen molar-refractivity contribution in [2.24, 2.45) is 0 Å². The molecular weight excluding hydrogens is 244 g/mol. The molecule has 0 amide bonds. The van der Waals surface area contributed by atoms with Crippen LogP contribution in [0.1, 0.15) is 0 Å². The van der Waals surface area contributed by atoms with E-state index in [9.17, 15) is 8.42 Å². The van der Waals surface area contributed by atoms with E-state index in [-0.39, 0.29) is 0 Å². The molecule has 84 valence electrons. The molecule has 0 aliphatic carbocycles. The first-order valence-electron chi connectivity index (χ1n) is 4.48. The van der Waals surface area contributed by atoms with Crippen molar-refractivity contribution >= 4 is 26.3 Å². The number of hydrogen-bond donors (Lipinski definition) is 1. The largest absolute Gasteiger partial charge is 0.375 e. The summed E-state index contributed by atoms with van der Waals surface area (Å²) in [5, 5.41) is 2.34. The minimum Gasteiger partial charge on any atom is -0.375 e. The third-order valence-corrected chi connectivity index (χ3v) is 3.90. The van der Waals surface area contributed by atoms with Crippen molar-refractivity contribution in [1.82, 2.24) is 4.98 Å². The van der Waals surface area contributed by atoms with Gasteiger partial charge in [0.25, 0.3) is 0 Å². The Balaban J connectivity index is 2.40. The van der Waals surface area contributed by atoms with Crippen molar-refractivity contribution in [1.29, 1.82) is 0 Å². The summed E-state index contributed by atoms with van der Waals surface area (Å²) < 4.78 is 22.5. The molecule has 6 heteroatoms. The molecule has 16 heavy (non-hydrogen) atoms. The lowest BCUT2D eigenvalue weighted by Crippen LogP contribution is -1.96. The van der Waals surface area contributed by atoms with Crippen LogP contribution in [0.4, 0.5) is 5.13 Å². The van der Waals surface area contributed by atoms with E-state index >= 15 is 0 Å². The maximum absolute atomic E-state index is 11.3. The van der Waals surface area contributed by atoms with Crippen LogP contribution in [0, 0.1) is 0 Å². The summed E-state index contributed by atoms with van der Waals surface area (Å²) >= 11 is 1.36. The van der Waals surface area contributed by atoms with E-state index in [1.54, 1.807) is 24.3 Å². The Morgan fingerprint density at radius 2 is 1.88 bits per heavy atom. The van der Waals surface area contributed by atoms with Gasteiger partial charge in [-0.05, 0) is 12.1 Å². The summed E-state index contributed by atoms with van der Waals surface area (Å²) in [4.78, 5) is 4.42. The Bertz CT molecular complexity index is 600. The monoisotopic (exact) mass is 254 g/mol. The topological polar surface area (TPSA) is 73.0 Å². The van der Waals surface area contributed by atoms with Gasteiger partial charge in [-0.15, -0.1) is 11.3 Å². The van der Waals surface area contributed by atoms with Gasteiger partial charge < -0.3 is 5.73 Å². The first-order valence-corrected chi connectivity index (χ1v) is 7.25. The Hall–Kier alpha value is -1.40. The van der Waals surface area contributed by atoms with E-state index in [4.69, 9.17) is 5.73 Å². The van der Waals surface area contributed by atoms with Gasteiger partial charge in [-0.25, -0.2) is 13.4 Å². The zero-order valence-electron chi connectivity index (χ0n) is 8.54. The SMILES string of the molecule is CS(=O)(=O)c1ccc(-c2csc(N)n2)cc1. The molecule has 1 aromatic heterocycles. The lowest BCUT2D eigenvalue weighted by atomic mass is 10.2. The molecule has 2 N–H and O–H groups in total. The zero-order chi connectivity index (χ0) is 11.8. The first-order chi connectivity index (χ1) is 7.47. The van der Waals surface area contributed by atoms with Crippen LogP contribution in [0.15, 0.2) is 34.5 Å². The van der Waals surface area contributed by atoms with Crippen LogP contribution in [0.2, 0.25) is 0 Å². The molecule has 0 bridgehead atoms. The third-order valence-electron chi connectivity index (χ3n) is 2.10. The van der Waals surface area contributed by atoms with Gasteiger partial charge in [-0.3, -0.25) is 0 Å². The Morgan fingerprint density at radius 3 is 2.31 bits per heavy atom. The molecule has 0 saturated carbocycles. The first kappa shape index (κ1) is 11.1. The van der Waals surface area contributed by atoms with Crippen LogP contribution in [0.25, 0.3) is 11.3 Å². The molecule has 0 aliphatic rings. The highest BCUT2D eigenvalue weighted by molar-refractivity contribution is 7.90. The van der Waals surface area contributed by atoms with Crippen molar-refractivity contribution < 1.29 is 8.42 Å². The normalized spacial score (nSPS) is 11.6. The highest BCUT2D eigenvalue weighted by Gasteiger charge is 2.07. The summed E-state index contributed by atoms with van der Waals surface area (Å²) in [6.07, 6.45) is 1.18. The number of anilines is 1. The third kappa shape index (κ3) is 2.23. The Morgan fingerprint density at radius 1 is 1.25 bits per heavy atom. The molecular formula is C10H10N2O2S2. The van der Waals surface area contributed by atoms with Crippen LogP contribution in [-0.2, 0) is 9.84 Å². The fraction of sp³-hybridized carbons (Fsp3) is 0.100. The minimum absolute atomic E-state index is 0.305. The average Bonchev–Trinajstić information content (AvgIpc) is 2.64. The van der Waals surface area contributed by atoms with E-state index in [0.717, 1.165) is 11.3 Å². The predicted molar refractivity (Wildman–Crippen MR) is 65.1 cm³/mol. The summed E-state index contributed by atoms with van der Waals surface area (Å²) in [6, 6.07) is 6.59. The summed E-state index contributed by atoms with van der Waals surface area (Å²) in [5.74, 6) is 0. The molecule has 1 aromatic carbocycles. The summed E-state index contributed by atoms with van der Waals surface area (Å²) in [5.41, 5.74) is 7.15. The molecule has 0 unspecified atom stereocenters. The second-order valence-corrected chi connectivity index (χ2v) is 6.27. The van der Waals surface area contributed by atoms with E-state index in [1.807, 2.05) is 5.38 Å². The maximum atomic E-state index is 11.3. The van der Waals surface area contributed by atoms with Gasteiger partial charge in [0.05, 0.1) is 10.6 Å². The second-order valence-electron chi connectivity index (χ2n) is 3.37. The van der Waals surface area contributed by atoms with Crippen LogP contribution >= 0.6 is 11.3 Å². The predicted octanol–water partition coefficient (Wildman–Crippen LogP) is 1.80. The van der Waals surface area contributed by atoms with Crippen molar-refractivity contribution in [2.45, 2.75) is 4.90 Å². The standard InChI is InChI=1S/C10H10N2O2S2/c1-16(13,14)8-4-2-7(3-5-8)9-6-15-10(11)12-9/h2-6H,1H3,(H2,11,12). The molecule has 0 radical (unpaired) electrons. The van der Waals surface area contributed by atoms with Gasteiger partial charge >= 0.3 is 0 Å². The number of nitrogens with two attached hydrogens (primary N) is 1. The number of hydrogen-bond acceptors (Lipinski definition) is 5. The van der Waals surface area contributed by atoms with Crippen LogP contribution < -0.4 is 5.73 Å². The molecule has 4 nitrogen and oxygen atoms in total. The number of sulfone groups is 1. The lowest BCUT2D eigenvalue weighted by Gasteiger charge is -1.99. The lowest BCUT2D eigenvalue weighted by molar-refractivity contribution is 0.602. The highest BCUT2D eigenvalue weighted by atomic mass is 32.2. The Labute approximate surface area is 97.7 Å². The van der Waals surface area contributed by atoms with E-state index < -0.39 is 9.84 Å². The number of rotatable bonds is 2. The molecule has 1 heterocycles. The quantitative estimate of drug-likeness (QED) is 0.886. The summed E-state index contributed by atoms with van der Waals surface area (Å²) in [6.45, 7) is 0. The van der Waals surface area contributed by atoms with Gasteiger partial charge in [0, 0.05) is 17.2 Å². The van der Waals surface area contributed by atoms with Crippen LogP contribution in [-0.4, -0.2) is 19.7 Å². The van der Waals surface area contributed by atoms with Crippen molar-refractivity contribution in [3.8, 4) is 11.3 Å². The number of nitrogen functional groups attached to an aromatic ring is 1. The highest BCUT2D eigenvalue weighted by Crippen LogP contribution is 2.24. The van der Waals surface area contributed by atoms with Gasteiger partial charge in [0.15, 0.2) is 15.0 Å². The van der Waals surface area contributed by atoms with Crippen LogP contribution in [0.3, 0.4) is 0 Å². The van der Waals surface area contributed by atoms with Gasteiger partial charge in [-0.2, -0.15) is 0 Å². The molecule has 2 aromatic rings. The smallest absolute Gasteiger partial charge is 0.180 e. The number of thiazole rings is 1. The average molecular weight is 254 g/mol. The molecule has 0 aliphatic heterocycles. The van der Waals surface area contributed by atoms with Gasteiger partial charge in [0.1, 0.15) is 0 Å². The fourth-order valence-electron chi connectivity index (χ4n) is 1.29.